The first-order valence-corrected chi connectivity index (χ1v) is 9.08. The summed E-state index contributed by atoms with van der Waals surface area (Å²) >= 11 is 0. The number of hydrogen-bond donors (Lipinski definition) is 0. The summed E-state index contributed by atoms with van der Waals surface area (Å²) in [5, 5.41) is 1.98. The molecule has 3 aliphatic carbocycles. The molecule has 25 heavy (non-hydrogen) atoms. The van der Waals surface area contributed by atoms with Crippen LogP contribution in [0.25, 0.3) is 10.8 Å². The zero-order valence-electron chi connectivity index (χ0n) is 15.0. The van der Waals surface area contributed by atoms with E-state index in [9.17, 15) is 9.59 Å². The Hall–Kier alpha value is -2.22. The average Bonchev–Trinajstić information content (AvgIpc) is 3.30. The average molecular weight is 330 g/mol. The predicted octanol–water partition coefficient (Wildman–Crippen LogP) is 4.92. The second-order valence-electron chi connectivity index (χ2n) is 8.85. The van der Waals surface area contributed by atoms with Crippen LogP contribution in [0.3, 0.4) is 0 Å². The number of carbonyl (C=O) groups is 2. The van der Waals surface area contributed by atoms with Crippen molar-refractivity contribution in [3.63, 3.8) is 0 Å². The van der Waals surface area contributed by atoms with Gasteiger partial charge in [0.15, 0.2) is 0 Å². The molecule has 0 radical (unpaired) electrons. The van der Waals surface area contributed by atoms with Crippen molar-refractivity contribution in [2.75, 3.05) is 0 Å². The molecule has 0 aliphatic heterocycles. The van der Waals surface area contributed by atoms with Gasteiger partial charge < -0.3 is 0 Å². The highest BCUT2D eigenvalue weighted by Crippen LogP contribution is 2.78. The molecule has 2 unspecified atom stereocenters. The molecule has 0 heterocycles. The monoisotopic (exact) mass is 330 g/mol. The largest absolute Gasteiger partial charge is 0.290 e. The summed E-state index contributed by atoms with van der Waals surface area (Å²) in [5.41, 5.74) is 3.16. The summed E-state index contributed by atoms with van der Waals surface area (Å²) < 4.78 is 0. The van der Waals surface area contributed by atoms with Gasteiger partial charge in [-0.3, -0.25) is 9.59 Å². The van der Waals surface area contributed by atoms with Crippen molar-refractivity contribution in [2.45, 2.75) is 45.4 Å². The van der Waals surface area contributed by atoms with E-state index in [1.807, 2.05) is 24.3 Å². The summed E-state index contributed by atoms with van der Waals surface area (Å²) in [6.45, 7) is 11.0. The minimum Gasteiger partial charge on any atom is -0.290 e. The van der Waals surface area contributed by atoms with E-state index in [1.54, 1.807) is 0 Å². The third kappa shape index (κ3) is 1.45. The fourth-order valence-electron chi connectivity index (χ4n) is 5.73. The van der Waals surface area contributed by atoms with E-state index in [2.05, 4.69) is 33.4 Å². The third-order valence-corrected chi connectivity index (χ3v) is 7.35. The summed E-state index contributed by atoms with van der Waals surface area (Å²) in [6.07, 6.45) is 2.49. The van der Waals surface area contributed by atoms with Gasteiger partial charge >= 0.3 is 0 Å². The number of fused-ring (bicyclic) bond motifs is 3. The quantitative estimate of drug-likeness (QED) is 0.507. The number of benzene rings is 2. The molecule has 2 aromatic rings. The third-order valence-electron chi connectivity index (χ3n) is 7.35. The van der Waals surface area contributed by atoms with Crippen LogP contribution in [0.15, 0.2) is 42.5 Å². The first kappa shape index (κ1) is 15.1. The molecule has 2 aromatic carbocycles. The highest BCUT2D eigenvalue weighted by atomic mass is 16.2. The van der Waals surface area contributed by atoms with Crippen molar-refractivity contribution >= 4 is 22.3 Å². The molecule has 2 saturated carbocycles. The number of allylic oxidation sites excluding steroid dienone is 1. The van der Waals surface area contributed by atoms with Crippen LogP contribution < -0.4 is 0 Å². The molecule has 3 aliphatic rings. The Bertz CT molecular complexity index is 1030. The number of carbonyl (C=O) groups excluding carboxylic acids is 2. The zero-order valence-corrected chi connectivity index (χ0v) is 15.0. The second-order valence-corrected chi connectivity index (χ2v) is 8.85. The van der Waals surface area contributed by atoms with Crippen LogP contribution in [0.1, 0.15) is 54.6 Å². The maximum Gasteiger partial charge on any atom is 0.230 e. The Labute approximate surface area is 147 Å². The normalized spacial score (nSPS) is 32.2. The zero-order chi connectivity index (χ0) is 17.8. The fraction of sp³-hybridized carbons (Fsp3) is 0.391. The van der Waals surface area contributed by atoms with Gasteiger partial charge in [0.25, 0.3) is 0 Å². The minimum absolute atomic E-state index is 0.00249. The highest BCUT2D eigenvalue weighted by Gasteiger charge is 2.79. The topological polar surface area (TPSA) is 34.1 Å². The molecule has 5 rings (SSSR count). The van der Waals surface area contributed by atoms with Crippen LogP contribution in [0.5, 0.6) is 0 Å². The lowest BCUT2D eigenvalue weighted by molar-refractivity contribution is -0.121. The Morgan fingerprint density at radius 3 is 2.44 bits per heavy atom. The van der Waals surface area contributed by atoms with E-state index in [1.165, 1.54) is 5.56 Å². The van der Waals surface area contributed by atoms with Crippen molar-refractivity contribution in [3.8, 4) is 0 Å². The number of hydrogen-bond acceptors (Lipinski definition) is 2. The Balaban J connectivity index is 1.92. The molecule has 126 valence electrons. The Morgan fingerprint density at radius 2 is 1.72 bits per heavy atom. The molecular weight excluding hydrogens is 308 g/mol. The molecule has 2 atom stereocenters. The van der Waals surface area contributed by atoms with Gasteiger partial charge in [-0.2, -0.15) is 0 Å². The summed E-state index contributed by atoms with van der Waals surface area (Å²) in [4.78, 5) is 26.3. The molecular formula is C23H22O2. The Kier molecular flexibility index (Phi) is 2.48. The number of aryl methyl sites for hydroxylation is 1. The fourth-order valence-corrected chi connectivity index (χ4v) is 5.73. The molecule has 0 saturated heterocycles. The van der Waals surface area contributed by atoms with Gasteiger partial charge in [0.1, 0.15) is 0 Å². The standard InChI is InChI=1S/C23H22O2/c1-13-11-17-18(16-8-6-5-7-15(13)16)19(24)20(25)22-10-9-21(3,4)14(2)23(17,22)12-22/h5-8,11H,2,9-10,12H2,1,3-4H3. The van der Waals surface area contributed by atoms with Gasteiger partial charge in [-0.15, -0.1) is 0 Å². The van der Waals surface area contributed by atoms with Gasteiger partial charge in [-0.1, -0.05) is 56.3 Å². The lowest BCUT2D eigenvalue weighted by Crippen LogP contribution is -2.45. The van der Waals surface area contributed by atoms with Crippen LogP contribution in [-0.2, 0) is 10.2 Å². The van der Waals surface area contributed by atoms with Crippen LogP contribution >= 0.6 is 0 Å². The van der Waals surface area contributed by atoms with E-state index in [0.717, 1.165) is 41.2 Å². The Morgan fingerprint density at radius 1 is 1.04 bits per heavy atom. The number of ketones is 2. The van der Waals surface area contributed by atoms with E-state index in [-0.39, 0.29) is 22.4 Å². The lowest BCUT2D eigenvalue weighted by atomic mass is 9.57. The summed E-state index contributed by atoms with van der Waals surface area (Å²) in [7, 11) is 0. The first-order valence-electron chi connectivity index (χ1n) is 9.08. The molecule has 2 fully saturated rings. The van der Waals surface area contributed by atoms with Gasteiger partial charge in [0, 0.05) is 11.0 Å². The van der Waals surface area contributed by atoms with E-state index in [0.29, 0.717) is 5.56 Å². The first-order chi connectivity index (χ1) is 11.8. The highest BCUT2D eigenvalue weighted by molar-refractivity contribution is 6.50. The van der Waals surface area contributed by atoms with Crippen LogP contribution in [0.4, 0.5) is 0 Å². The van der Waals surface area contributed by atoms with Crippen LogP contribution in [-0.4, -0.2) is 11.6 Å². The molecule has 0 aromatic heterocycles. The van der Waals surface area contributed by atoms with Crippen molar-refractivity contribution < 1.29 is 9.59 Å². The van der Waals surface area contributed by atoms with Crippen molar-refractivity contribution in [3.05, 3.63) is 59.2 Å². The lowest BCUT2D eigenvalue weighted by Gasteiger charge is -2.44. The number of Topliss-reactive ketones (excluding diaryl/α,β-unsaturated/α-hetero) is 2. The maximum atomic E-state index is 13.2. The SMILES string of the molecule is C=C1C(C)(C)CCC23CC12c1cc(C)c2ccccc2c1C(=O)C3=O. The molecule has 0 bridgehead atoms. The van der Waals surface area contributed by atoms with Crippen molar-refractivity contribution in [1.82, 2.24) is 0 Å². The van der Waals surface area contributed by atoms with Crippen molar-refractivity contribution in [1.29, 1.82) is 0 Å². The summed E-state index contributed by atoms with van der Waals surface area (Å²) in [5.74, 6) is -0.461. The molecule has 0 N–H and O–H groups in total. The van der Waals surface area contributed by atoms with Gasteiger partial charge in [0.2, 0.25) is 11.6 Å². The number of rotatable bonds is 0. The van der Waals surface area contributed by atoms with Gasteiger partial charge in [-0.25, -0.2) is 0 Å². The smallest absolute Gasteiger partial charge is 0.230 e. The van der Waals surface area contributed by atoms with Gasteiger partial charge in [-0.05, 0) is 53.5 Å². The second kappa shape index (κ2) is 4.12. The maximum absolute atomic E-state index is 13.2. The summed E-state index contributed by atoms with van der Waals surface area (Å²) in [6, 6.07) is 10.1. The predicted molar refractivity (Wildman–Crippen MR) is 98.9 cm³/mol. The van der Waals surface area contributed by atoms with Crippen LogP contribution in [0, 0.1) is 17.8 Å². The van der Waals surface area contributed by atoms with E-state index < -0.39 is 5.41 Å². The molecule has 0 amide bonds. The van der Waals surface area contributed by atoms with Crippen LogP contribution in [0.2, 0.25) is 0 Å². The minimum atomic E-state index is -0.515. The van der Waals surface area contributed by atoms with E-state index >= 15 is 0 Å². The van der Waals surface area contributed by atoms with E-state index in [4.69, 9.17) is 0 Å². The molecule has 0 spiro atoms. The van der Waals surface area contributed by atoms with Crippen molar-refractivity contribution in [2.24, 2.45) is 10.8 Å². The van der Waals surface area contributed by atoms with Gasteiger partial charge in [0.05, 0.1) is 5.41 Å². The molecule has 2 heteroatoms. The molecule has 2 nitrogen and oxygen atoms in total.